The Hall–Kier alpha value is -3.55. The Morgan fingerprint density at radius 2 is 1.65 bits per heavy atom. The van der Waals surface area contributed by atoms with Gasteiger partial charge >= 0.3 is 17.4 Å². The molecular formula is C18H16N4O4. The van der Waals surface area contributed by atoms with Crippen LogP contribution in [0.3, 0.4) is 0 Å². The molecule has 0 aliphatic heterocycles. The standard InChI is InChI=1S/C18H16N4O4/c1-12(2)13-5-7-14(8-6-13)25-17-16(22(23)24)18(21-11-20-17)26-15-4-3-9-19-10-15/h3-12H,1-2H3. The van der Waals surface area contributed by atoms with Crippen molar-refractivity contribution in [2.45, 2.75) is 19.8 Å². The summed E-state index contributed by atoms with van der Waals surface area (Å²) in [5.41, 5.74) is 0.680. The first-order chi connectivity index (χ1) is 12.5. The SMILES string of the molecule is CC(C)c1ccc(Oc2ncnc(Oc3cccnc3)c2[N+](=O)[O-])cc1. The second kappa shape index (κ2) is 7.56. The van der Waals surface area contributed by atoms with Crippen molar-refractivity contribution in [3.05, 3.63) is 70.8 Å². The molecule has 132 valence electrons. The molecule has 0 fully saturated rings. The van der Waals surface area contributed by atoms with Crippen molar-refractivity contribution in [2.24, 2.45) is 0 Å². The number of hydrogen-bond donors (Lipinski definition) is 0. The summed E-state index contributed by atoms with van der Waals surface area (Å²) in [4.78, 5) is 22.5. The molecule has 26 heavy (non-hydrogen) atoms. The molecule has 8 heteroatoms. The molecule has 3 aromatic rings. The van der Waals surface area contributed by atoms with Gasteiger partial charge in [-0.15, -0.1) is 0 Å². The van der Waals surface area contributed by atoms with Gasteiger partial charge < -0.3 is 9.47 Å². The number of rotatable bonds is 6. The normalized spacial score (nSPS) is 10.6. The summed E-state index contributed by atoms with van der Waals surface area (Å²) >= 11 is 0. The van der Waals surface area contributed by atoms with Gasteiger partial charge in [-0.2, -0.15) is 9.97 Å². The Kier molecular flexibility index (Phi) is 5.02. The van der Waals surface area contributed by atoms with Crippen molar-refractivity contribution < 1.29 is 14.4 Å². The van der Waals surface area contributed by atoms with Crippen LogP contribution in [0.1, 0.15) is 25.3 Å². The van der Waals surface area contributed by atoms with E-state index in [-0.39, 0.29) is 11.8 Å². The summed E-state index contributed by atoms with van der Waals surface area (Å²) in [6.07, 6.45) is 4.14. The minimum atomic E-state index is -0.635. The maximum absolute atomic E-state index is 11.5. The highest BCUT2D eigenvalue weighted by Gasteiger charge is 2.27. The lowest BCUT2D eigenvalue weighted by molar-refractivity contribution is -0.387. The minimum absolute atomic E-state index is 0.193. The zero-order chi connectivity index (χ0) is 18.5. The fraction of sp³-hybridized carbons (Fsp3) is 0.167. The Labute approximate surface area is 149 Å². The lowest BCUT2D eigenvalue weighted by atomic mass is 10.0. The first-order valence-electron chi connectivity index (χ1n) is 7.89. The van der Waals surface area contributed by atoms with Crippen LogP contribution in [0.4, 0.5) is 5.69 Å². The maximum Gasteiger partial charge on any atom is 0.393 e. The van der Waals surface area contributed by atoms with E-state index in [1.54, 1.807) is 30.5 Å². The van der Waals surface area contributed by atoms with Crippen LogP contribution >= 0.6 is 0 Å². The molecule has 0 saturated carbocycles. The average Bonchev–Trinajstić information content (AvgIpc) is 2.63. The summed E-state index contributed by atoms with van der Waals surface area (Å²) in [6.45, 7) is 4.15. The third-order valence-corrected chi connectivity index (χ3v) is 3.55. The van der Waals surface area contributed by atoms with Gasteiger partial charge in [-0.05, 0) is 35.7 Å². The molecule has 0 radical (unpaired) electrons. The fourth-order valence-corrected chi connectivity index (χ4v) is 2.20. The van der Waals surface area contributed by atoms with Gasteiger partial charge in [0.1, 0.15) is 17.8 Å². The highest BCUT2D eigenvalue weighted by Crippen LogP contribution is 2.37. The van der Waals surface area contributed by atoms with Crippen LogP contribution in [0.25, 0.3) is 0 Å². The van der Waals surface area contributed by atoms with E-state index in [1.807, 2.05) is 12.1 Å². The van der Waals surface area contributed by atoms with E-state index < -0.39 is 10.6 Å². The third kappa shape index (κ3) is 3.92. The van der Waals surface area contributed by atoms with Gasteiger partial charge in [-0.3, -0.25) is 15.1 Å². The molecule has 0 aliphatic carbocycles. The van der Waals surface area contributed by atoms with Crippen molar-refractivity contribution in [1.29, 1.82) is 0 Å². The molecule has 0 unspecified atom stereocenters. The predicted octanol–water partition coefficient (Wildman–Crippen LogP) is 4.49. The summed E-state index contributed by atoms with van der Waals surface area (Å²) in [5, 5.41) is 11.5. The fourth-order valence-electron chi connectivity index (χ4n) is 2.20. The van der Waals surface area contributed by atoms with Gasteiger partial charge in [0, 0.05) is 6.20 Å². The second-order valence-corrected chi connectivity index (χ2v) is 5.71. The van der Waals surface area contributed by atoms with Crippen molar-refractivity contribution in [3.63, 3.8) is 0 Å². The topological polar surface area (TPSA) is 100 Å². The number of pyridine rings is 1. The number of aromatic nitrogens is 3. The van der Waals surface area contributed by atoms with E-state index in [0.29, 0.717) is 17.4 Å². The smallest absolute Gasteiger partial charge is 0.393 e. The highest BCUT2D eigenvalue weighted by atomic mass is 16.6. The van der Waals surface area contributed by atoms with Crippen LogP contribution in [0, 0.1) is 10.1 Å². The van der Waals surface area contributed by atoms with E-state index >= 15 is 0 Å². The van der Waals surface area contributed by atoms with Crippen LogP contribution in [0.5, 0.6) is 23.3 Å². The monoisotopic (exact) mass is 352 g/mol. The Morgan fingerprint density at radius 1 is 1.00 bits per heavy atom. The molecule has 0 amide bonds. The summed E-state index contributed by atoms with van der Waals surface area (Å²) in [6, 6.07) is 10.5. The average molecular weight is 352 g/mol. The maximum atomic E-state index is 11.5. The van der Waals surface area contributed by atoms with Gasteiger partial charge in [-0.1, -0.05) is 26.0 Å². The van der Waals surface area contributed by atoms with Crippen LogP contribution < -0.4 is 9.47 Å². The third-order valence-electron chi connectivity index (χ3n) is 3.55. The van der Waals surface area contributed by atoms with Gasteiger partial charge in [0.15, 0.2) is 0 Å². The number of nitrogens with zero attached hydrogens (tertiary/aromatic N) is 4. The molecule has 3 rings (SSSR count). The van der Waals surface area contributed by atoms with Gasteiger partial charge in [-0.25, -0.2) is 0 Å². The van der Waals surface area contributed by atoms with Crippen LogP contribution in [-0.2, 0) is 0 Å². The number of nitro groups is 1. The molecule has 0 aliphatic rings. The van der Waals surface area contributed by atoms with Gasteiger partial charge in [0.25, 0.3) is 0 Å². The molecule has 0 spiro atoms. The van der Waals surface area contributed by atoms with Gasteiger partial charge in [0.2, 0.25) is 0 Å². The summed E-state index contributed by atoms with van der Waals surface area (Å²) in [5.74, 6) is 0.718. The van der Waals surface area contributed by atoms with E-state index in [4.69, 9.17) is 9.47 Å². The van der Waals surface area contributed by atoms with Crippen LogP contribution in [0.2, 0.25) is 0 Å². The summed E-state index contributed by atoms with van der Waals surface area (Å²) in [7, 11) is 0. The quantitative estimate of drug-likeness (QED) is 0.476. The van der Waals surface area contributed by atoms with E-state index in [0.717, 1.165) is 11.9 Å². The first kappa shape index (κ1) is 17.3. The Morgan fingerprint density at radius 3 is 2.19 bits per heavy atom. The zero-order valence-corrected chi connectivity index (χ0v) is 14.2. The van der Waals surface area contributed by atoms with Crippen LogP contribution in [-0.4, -0.2) is 19.9 Å². The molecule has 1 aromatic carbocycles. The predicted molar refractivity (Wildman–Crippen MR) is 93.6 cm³/mol. The molecule has 2 aromatic heterocycles. The number of benzene rings is 1. The van der Waals surface area contributed by atoms with E-state index in [1.165, 1.54) is 6.20 Å². The largest absolute Gasteiger partial charge is 0.433 e. The molecule has 2 heterocycles. The van der Waals surface area contributed by atoms with Crippen molar-refractivity contribution in [2.75, 3.05) is 0 Å². The minimum Gasteiger partial charge on any atom is -0.433 e. The molecule has 0 saturated heterocycles. The summed E-state index contributed by atoms with van der Waals surface area (Å²) < 4.78 is 11.1. The molecule has 0 atom stereocenters. The molecule has 0 bridgehead atoms. The lowest BCUT2D eigenvalue weighted by Gasteiger charge is -2.09. The molecule has 8 nitrogen and oxygen atoms in total. The number of hydrogen-bond acceptors (Lipinski definition) is 7. The molecule has 0 N–H and O–H groups in total. The number of ether oxygens (including phenoxy) is 2. The van der Waals surface area contributed by atoms with Crippen molar-refractivity contribution >= 4 is 5.69 Å². The first-order valence-corrected chi connectivity index (χ1v) is 7.89. The van der Waals surface area contributed by atoms with Crippen LogP contribution in [0.15, 0.2) is 55.1 Å². The highest BCUT2D eigenvalue weighted by molar-refractivity contribution is 5.52. The Bertz CT molecular complexity index is 899. The Balaban J connectivity index is 1.91. The van der Waals surface area contributed by atoms with E-state index in [9.17, 15) is 10.1 Å². The zero-order valence-electron chi connectivity index (χ0n) is 14.2. The van der Waals surface area contributed by atoms with E-state index in [2.05, 4.69) is 28.8 Å². The van der Waals surface area contributed by atoms with Crippen molar-refractivity contribution in [3.8, 4) is 23.3 Å². The van der Waals surface area contributed by atoms with Gasteiger partial charge in [0.05, 0.1) is 11.1 Å². The second-order valence-electron chi connectivity index (χ2n) is 5.71. The van der Waals surface area contributed by atoms with Crippen molar-refractivity contribution in [1.82, 2.24) is 15.0 Å². The molecular weight excluding hydrogens is 336 g/mol. The lowest BCUT2D eigenvalue weighted by Crippen LogP contribution is -2.01.